The van der Waals surface area contributed by atoms with Gasteiger partial charge >= 0.3 is 13.5 Å². The van der Waals surface area contributed by atoms with Gasteiger partial charge in [0.2, 0.25) is 0 Å². The van der Waals surface area contributed by atoms with E-state index in [4.69, 9.17) is 23.5 Å². The number of nitrogens with zero attached hydrogens (tertiary/aromatic N) is 5. The zero-order valence-corrected chi connectivity index (χ0v) is 29.6. The minimum Gasteiger partial charge on any atom is -0.497 e. The van der Waals surface area contributed by atoms with Gasteiger partial charge in [0.1, 0.15) is 41.4 Å². The lowest BCUT2D eigenvalue weighted by Crippen LogP contribution is -2.38. The highest BCUT2D eigenvalue weighted by Crippen LogP contribution is 2.46. The van der Waals surface area contributed by atoms with Crippen molar-refractivity contribution in [2.24, 2.45) is 4.99 Å². The second-order valence-electron chi connectivity index (χ2n) is 12.1. The number of aliphatic imine (C=N–C) groups is 1. The van der Waals surface area contributed by atoms with Crippen LogP contribution in [0.1, 0.15) is 36.3 Å². The first-order chi connectivity index (χ1) is 24.4. The normalized spacial score (nSPS) is 18.3. The Balaban J connectivity index is 1.41. The van der Waals surface area contributed by atoms with Crippen molar-refractivity contribution in [2.45, 2.75) is 37.4 Å². The average molecular weight is 719 g/mol. The molecule has 3 atom stereocenters. The zero-order chi connectivity index (χ0) is 36.3. The molecule has 1 aliphatic rings. The maximum absolute atomic E-state index is 12.6. The number of hydrogen-bond donors (Lipinski definition) is 3. The molecule has 268 valence electrons. The highest BCUT2D eigenvalue weighted by molar-refractivity contribution is 7.46. The Bertz CT molecular complexity index is 2050. The monoisotopic (exact) mass is 718 g/mol. The van der Waals surface area contributed by atoms with Gasteiger partial charge in [-0.05, 0) is 47.9 Å². The molecule has 1 aliphatic heterocycles. The summed E-state index contributed by atoms with van der Waals surface area (Å²) >= 11 is 0. The number of ether oxygens (including phenoxy) is 4. The summed E-state index contributed by atoms with van der Waals surface area (Å²) in [5.41, 5.74) is 0.907. The zero-order valence-electron chi connectivity index (χ0n) is 28.7. The SMILES string of the molecule is COc1ccc(C(OC[C@H]2O[C@@H](n3cnc4c(/N=C(\C)N(C)C)[nH]c(=O)nc43)C[C@@H]2OP(=O)(O)O)(c2ccccc2)c2ccc(OC)cc2)cc1. The third-order valence-electron chi connectivity index (χ3n) is 8.75. The number of imidazole rings is 1. The van der Waals surface area contributed by atoms with E-state index < -0.39 is 37.5 Å². The quantitative estimate of drug-likeness (QED) is 0.0711. The summed E-state index contributed by atoms with van der Waals surface area (Å²) in [6.07, 6.45) is -1.56. The molecule has 3 heterocycles. The number of nitrogens with one attached hydrogen (secondary N) is 1. The van der Waals surface area contributed by atoms with E-state index in [0.29, 0.717) is 22.9 Å². The van der Waals surface area contributed by atoms with Gasteiger partial charge in [-0.2, -0.15) is 4.98 Å². The molecule has 0 amide bonds. The number of phosphoric acid groups is 1. The summed E-state index contributed by atoms with van der Waals surface area (Å²) in [6.45, 7) is 1.61. The molecule has 1 fully saturated rings. The Morgan fingerprint density at radius 2 is 1.59 bits per heavy atom. The highest BCUT2D eigenvalue weighted by Gasteiger charge is 2.45. The number of rotatable bonds is 12. The van der Waals surface area contributed by atoms with Gasteiger partial charge in [-0.3, -0.25) is 14.1 Å². The first-order valence-corrected chi connectivity index (χ1v) is 17.5. The average Bonchev–Trinajstić information content (AvgIpc) is 3.72. The number of aromatic amines is 1. The van der Waals surface area contributed by atoms with E-state index in [2.05, 4.69) is 19.9 Å². The molecule has 5 aromatic rings. The van der Waals surface area contributed by atoms with Crippen molar-refractivity contribution >= 4 is 30.6 Å². The van der Waals surface area contributed by atoms with Crippen LogP contribution in [0, 0.1) is 0 Å². The topological polar surface area (TPSA) is 183 Å². The lowest BCUT2D eigenvalue weighted by molar-refractivity contribution is -0.0921. The van der Waals surface area contributed by atoms with Crippen molar-refractivity contribution in [3.63, 3.8) is 0 Å². The first-order valence-electron chi connectivity index (χ1n) is 16.0. The van der Waals surface area contributed by atoms with Gasteiger partial charge in [0.15, 0.2) is 17.0 Å². The molecule has 15 nitrogen and oxygen atoms in total. The van der Waals surface area contributed by atoms with Crippen LogP contribution in [0.15, 0.2) is 95.0 Å². The van der Waals surface area contributed by atoms with Crippen LogP contribution in [0.3, 0.4) is 0 Å². The third-order valence-corrected chi connectivity index (χ3v) is 9.29. The van der Waals surface area contributed by atoms with Crippen molar-refractivity contribution in [2.75, 3.05) is 34.9 Å². The van der Waals surface area contributed by atoms with Crippen molar-refractivity contribution in [1.82, 2.24) is 24.4 Å². The standard InChI is InChI=1S/C35H39N6O9P/c1-22(40(2)3)37-32-31-33(39-34(42)38-32)41(21-36-31)30-19-28(50-51(43,44)45)29(49-30)20-48-35(23-9-7-6-8-10-23,24-11-15-26(46-4)16-12-24)25-13-17-27(47-5)18-14-25/h6-18,21,28-30H,19-20H2,1-5H3,(H,38,39,42)(H2,43,44,45)/b37-22+/t28-,29+,30+/m0/s1. The molecule has 51 heavy (non-hydrogen) atoms. The largest absolute Gasteiger partial charge is 0.497 e. The molecule has 2 aromatic heterocycles. The van der Waals surface area contributed by atoms with Crippen LogP contribution in [0.4, 0.5) is 5.82 Å². The van der Waals surface area contributed by atoms with E-state index in [0.717, 1.165) is 16.7 Å². The van der Waals surface area contributed by atoms with Gasteiger partial charge in [-0.1, -0.05) is 54.6 Å². The summed E-state index contributed by atoms with van der Waals surface area (Å²) in [6, 6.07) is 24.5. The van der Waals surface area contributed by atoms with Crippen LogP contribution in [0.2, 0.25) is 0 Å². The maximum atomic E-state index is 12.6. The van der Waals surface area contributed by atoms with Gasteiger partial charge in [0.05, 0.1) is 27.2 Å². The molecule has 0 bridgehead atoms. The summed E-state index contributed by atoms with van der Waals surface area (Å²) in [5, 5.41) is 0. The molecular weight excluding hydrogens is 679 g/mol. The van der Waals surface area contributed by atoms with E-state index >= 15 is 0 Å². The van der Waals surface area contributed by atoms with E-state index in [-0.39, 0.29) is 24.5 Å². The number of phosphoric ester groups is 1. The van der Waals surface area contributed by atoms with Crippen LogP contribution in [0.5, 0.6) is 11.5 Å². The second kappa shape index (κ2) is 14.8. The molecule has 0 radical (unpaired) electrons. The Morgan fingerprint density at radius 1 is 1.00 bits per heavy atom. The first kappa shape index (κ1) is 35.9. The predicted octanol–water partition coefficient (Wildman–Crippen LogP) is 4.52. The van der Waals surface area contributed by atoms with Crippen LogP contribution in [-0.2, 0) is 24.2 Å². The van der Waals surface area contributed by atoms with Crippen molar-refractivity contribution in [3.05, 3.63) is 112 Å². The van der Waals surface area contributed by atoms with Crippen LogP contribution < -0.4 is 15.2 Å². The van der Waals surface area contributed by atoms with E-state index in [1.165, 1.54) is 10.9 Å². The van der Waals surface area contributed by atoms with E-state index in [9.17, 15) is 19.1 Å². The molecular formula is C35H39N6O9P. The Kier molecular flexibility index (Phi) is 10.4. The van der Waals surface area contributed by atoms with Crippen LogP contribution in [-0.4, -0.2) is 87.2 Å². The number of fused-ring (bicyclic) bond motifs is 1. The smallest absolute Gasteiger partial charge is 0.469 e. The van der Waals surface area contributed by atoms with Crippen LogP contribution >= 0.6 is 7.82 Å². The number of hydrogen-bond acceptors (Lipinski definition) is 10. The summed E-state index contributed by atoms with van der Waals surface area (Å²) < 4.78 is 43.3. The van der Waals surface area contributed by atoms with Crippen molar-refractivity contribution in [1.29, 1.82) is 0 Å². The number of H-pyrrole nitrogens is 1. The highest BCUT2D eigenvalue weighted by atomic mass is 31.2. The minimum atomic E-state index is -4.98. The summed E-state index contributed by atoms with van der Waals surface area (Å²) in [5.74, 6) is 2.13. The summed E-state index contributed by atoms with van der Waals surface area (Å²) in [7, 11) is 1.83. The number of methoxy groups -OCH3 is 2. The maximum Gasteiger partial charge on any atom is 0.469 e. The van der Waals surface area contributed by atoms with Gasteiger partial charge in [-0.25, -0.2) is 19.3 Å². The van der Waals surface area contributed by atoms with E-state index in [1.807, 2.05) is 93.0 Å². The van der Waals surface area contributed by atoms with Crippen molar-refractivity contribution in [3.8, 4) is 11.5 Å². The number of aromatic nitrogens is 4. The molecule has 6 rings (SSSR count). The molecule has 1 saturated heterocycles. The van der Waals surface area contributed by atoms with Gasteiger partial charge in [-0.15, -0.1) is 0 Å². The van der Waals surface area contributed by atoms with E-state index in [1.54, 1.807) is 26.0 Å². The molecule has 3 N–H and O–H groups in total. The fraction of sp³-hybridized carbons (Fsp3) is 0.314. The number of amidine groups is 1. The molecule has 0 unspecified atom stereocenters. The summed E-state index contributed by atoms with van der Waals surface area (Å²) in [4.78, 5) is 50.0. The van der Waals surface area contributed by atoms with Crippen LogP contribution in [0.25, 0.3) is 11.2 Å². The van der Waals surface area contributed by atoms with Gasteiger partial charge in [0, 0.05) is 20.5 Å². The van der Waals surface area contributed by atoms with Gasteiger partial charge < -0.3 is 33.6 Å². The molecule has 0 aliphatic carbocycles. The molecule has 16 heteroatoms. The lowest BCUT2D eigenvalue weighted by Gasteiger charge is -2.37. The predicted molar refractivity (Wildman–Crippen MR) is 188 cm³/mol. The Morgan fingerprint density at radius 3 is 2.14 bits per heavy atom. The Hall–Kier alpha value is -4.89. The fourth-order valence-corrected chi connectivity index (χ4v) is 6.63. The molecule has 0 spiro atoms. The minimum absolute atomic E-state index is 0.0161. The second-order valence-corrected chi connectivity index (χ2v) is 13.3. The molecule has 0 saturated carbocycles. The lowest BCUT2D eigenvalue weighted by atomic mass is 9.80. The third kappa shape index (κ3) is 7.59. The number of benzene rings is 3. The van der Waals surface area contributed by atoms with Crippen molar-refractivity contribution < 1.29 is 37.8 Å². The Labute approximate surface area is 293 Å². The fourth-order valence-electron chi connectivity index (χ4n) is 6.06. The molecule has 3 aromatic carbocycles. The van der Waals surface area contributed by atoms with Gasteiger partial charge in [0.25, 0.3) is 0 Å².